The van der Waals surface area contributed by atoms with Crippen molar-refractivity contribution in [1.82, 2.24) is 15.2 Å². The van der Waals surface area contributed by atoms with Crippen molar-refractivity contribution in [3.05, 3.63) is 58.8 Å². The topological polar surface area (TPSA) is 51.8 Å². The highest BCUT2D eigenvalue weighted by molar-refractivity contribution is 9.10. The molecule has 3 aromatic rings. The van der Waals surface area contributed by atoms with Crippen LogP contribution in [0.3, 0.4) is 0 Å². The fraction of sp³-hybridized carbons (Fsp3) is 0.133. The molecule has 0 spiro atoms. The van der Waals surface area contributed by atoms with Crippen molar-refractivity contribution in [3.63, 3.8) is 0 Å². The standard InChI is InChI=1S/C15H12BrN3OS/c16-13-7-2-1-6-12(13)14-18-19-15(20-14)21-10-8-11-5-3-4-9-17-11/h1-7,9H,8,10H2. The number of thioether (sulfide) groups is 1. The lowest BCUT2D eigenvalue weighted by Crippen LogP contribution is -1.91. The van der Waals surface area contributed by atoms with Gasteiger partial charge in [-0.2, -0.15) is 0 Å². The highest BCUT2D eigenvalue weighted by Crippen LogP contribution is 2.29. The van der Waals surface area contributed by atoms with E-state index in [0.29, 0.717) is 11.1 Å². The zero-order chi connectivity index (χ0) is 14.5. The summed E-state index contributed by atoms with van der Waals surface area (Å²) in [7, 11) is 0. The quantitative estimate of drug-likeness (QED) is 0.636. The van der Waals surface area contributed by atoms with E-state index in [0.717, 1.165) is 27.9 Å². The van der Waals surface area contributed by atoms with Crippen molar-refractivity contribution in [2.45, 2.75) is 11.6 Å². The largest absolute Gasteiger partial charge is 0.411 e. The molecule has 106 valence electrons. The van der Waals surface area contributed by atoms with Crippen molar-refractivity contribution >= 4 is 27.7 Å². The van der Waals surface area contributed by atoms with Gasteiger partial charge < -0.3 is 4.42 Å². The maximum absolute atomic E-state index is 5.68. The van der Waals surface area contributed by atoms with E-state index < -0.39 is 0 Å². The van der Waals surface area contributed by atoms with E-state index in [1.165, 1.54) is 0 Å². The number of nitrogens with zero attached hydrogens (tertiary/aromatic N) is 3. The first kappa shape index (κ1) is 14.3. The van der Waals surface area contributed by atoms with Crippen LogP contribution in [0, 0.1) is 0 Å². The smallest absolute Gasteiger partial charge is 0.276 e. The minimum Gasteiger partial charge on any atom is -0.411 e. The van der Waals surface area contributed by atoms with Gasteiger partial charge in [0.1, 0.15) is 0 Å². The van der Waals surface area contributed by atoms with Gasteiger partial charge >= 0.3 is 0 Å². The molecule has 0 saturated heterocycles. The highest BCUT2D eigenvalue weighted by atomic mass is 79.9. The van der Waals surface area contributed by atoms with Crippen LogP contribution in [0.25, 0.3) is 11.5 Å². The van der Waals surface area contributed by atoms with Crippen LogP contribution in [-0.4, -0.2) is 20.9 Å². The first-order chi connectivity index (χ1) is 10.3. The fourth-order valence-electron chi connectivity index (χ4n) is 1.80. The van der Waals surface area contributed by atoms with Gasteiger partial charge in [-0.3, -0.25) is 4.98 Å². The third-order valence-corrected chi connectivity index (χ3v) is 4.33. The van der Waals surface area contributed by atoms with Crippen LogP contribution in [0.15, 0.2) is 62.8 Å². The Hall–Kier alpha value is -1.66. The Balaban J connectivity index is 1.62. The third kappa shape index (κ3) is 3.71. The molecule has 0 amide bonds. The van der Waals surface area contributed by atoms with Crippen LogP contribution < -0.4 is 0 Å². The molecule has 0 radical (unpaired) electrons. The maximum Gasteiger partial charge on any atom is 0.276 e. The van der Waals surface area contributed by atoms with E-state index in [-0.39, 0.29) is 0 Å². The minimum absolute atomic E-state index is 0.530. The molecule has 1 aromatic carbocycles. The molecule has 0 fully saturated rings. The summed E-state index contributed by atoms with van der Waals surface area (Å²) in [5.41, 5.74) is 1.97. The second-order valence-electron chi connectivity index (χ2n) is 4.27. The molecule has 4 nitrogen and oxygen atoms in total. The lowest BCUT2D eigenvalue weighted by atomic mass is 10.2. The Kier molecular flexibility index (Phi) is 4.67. The van der Waals surface area contributed by atoms with Gasteiger partial charge in [0.05, 0.1) is 5.56 Å². The number of halogens is 1. The number of rotatable bonds is 5. The van der Waals surface area contributed by atoms with Crippen LogP contribution in [0.4, 0.5) is 0 Å². The first-order valence-corrected chi connectivity index (χ1v) is 8.22. The van der Waals surface area contributed by atoms with Gasteiger partial charge in [-0.15, -0.1) is 10.2 Å². The normalized spacial score (nSPS) is 10.7. The Bertz CT molecular complexity index is 718. The van der Waals surface area contributed by atoms with Crippen LogP contribution in [0.1, 0.15) is 5.69 Å². The molecular weight excluding hydrogens is 350 g/mol. The number of aromatic nitrogens is 3. The summed E-state index contributed by atoms with van der Waals surface area (Å²) in [4.78, 5) is 4.29. The van der Waals surface area contributed by atoms with Gasteiger partial charge in [0.25, 0.3) is 5.22 Å². The van der Waals surface area contributed by atoms with Crippen LogP contribution in [0.5, 0.6) is 0 Å². The molecule has 0 saturated carbocycles. The average molecular weight is 362 g/mol. The SMILES string of the molecule is Brc1ccccc1-c1nnc(SCCc2ccccn2)o1. The lowest BCUT2D eigenvalue weighted by molar-refractivity contribution is 0.465. The van der Waals surface area contributed by atoms with Gasteiger partial charge in [0, 0.05) is 22.1 Å². The summed E-state index contributed by atoms with van der Waals surface area (Å²) in [6.07, 6.45) is 2.68. The second kappa shape index (κ2) is 6.87. The van der Waals surface area contributed by atoms with Gasteiger partial charge in [-0.25, -0.2) is 0 Å². The summed E-state index contributed by atoms with van der Waals surface area (Å²) >= 11 is 5.02. The Morgan fingerprint density at radius 1 is 1.05 bits per heavy atom. The molecule has 0 unspecified atom stereocenters. The van der Waals surface area contributed by atoms with Crippen molar-refractivity contribution < 1.29 is 4.42 Å². The maximum atomic E-state index is 5.68. The molecule has 0 bridgehead atoms. The van der Waals surface area contributed by atoms with Gasteiger partial charge in [-0.05, 0) is 46.6 Å². The minimum atomic E-state index is 0.530. The highest BCUT2D eigenvalue weighted by Gasteiger charge is 2.11. The Morgan fingerprint density at radius 2 is 1.90 bits per heavy atom. The molecule has 0 aliphatic carbocycles. The monoisotopic (exact) mass is 361 g/mol. The van der Waals surface area contributed by atoms with Gasteiger partial charge in [-0.1, -0.05) is 30.0 Å². The summed E-state index contributed by atoms with van der Waals surface area (Å²) in [6, 6.07) is 13.7. The molecule has 2 aromatic heterocycles. The fourth-order valence-corrected chi connectivity index (χ4v) is 2.98. The molecule has 0 aliphatic heterocycles. The van der Waals surface area contributed by atoms with Crippen molar-refractivity contribution in [1.29, 1.82) is 0 Å². The summed E-state index contributed by atoms with van der Waals surface area (Å²) in [5.74, 6) is 1.39. The number of hydrogen-bond acceptors (Lipinski definition) is 5. The van der Waals surface area contributed by atoms with Crippen LogP contribution in [-0.2, 0) is 6.42 Å². The lowest BCUT2D eigenvalue weighted by Gasteiger charge is -1.98. The van der Waals surface area contributed by atoms with Crippen molar-refractivity contribution in [2.24, 2.45) is 0 Å². The average Bonchev–Trinajstić information content (AvgIpc) is 2.97. The number of hydrogen-bond donors (Lipinski definition) is 0. The predicted molar refractivity (Wildman–Crippen MR) is 86.1 cm³/mol. The van der Waals surface area contributed by atoms with E-state index in [9.17, 15) is 0 Å². The number of benzene rings is 1. The van der Waals surface area contributed by atoms with E-state index in [4.69, 9.17) is 4.42 Å². The van der Waals surface area contributed by atoms with Crippen LogP contribution in [0.2, 0.25) is 0 Å². The van der Waals surface area contributed by atoms with Crippen molar-refractivity contribution in [3.8, 4) is 11.5 Å². The molecule has 0 N–H and O–H groups in total. The third-order valence-electron chi connectivity index (χ3n) is 2.82. The predicted octanol–water partition coefficient (Wildman–Crippen LogP) is 4.23. The Labute approximate surface area is 135 Å². The van der Waals surface area contributed by atoms with Crippen LogP contribution >= 0.6 is 27.7 Å². The zero-order valence-electron chi connectivity index (χ0n) is 11.1. The van der Waals surface area contributed by atoms with E-state index >= 15 is 0 Å². The van der Waals surface area contributed by atoms with E-state index in [1.807, 2.05) is 42.5 Å². The molecule has 0 atom stereocenters. The number of pyridine rings is 1. The second-order valence-corrected chi connectivity index (χ2v) is 6.17. The van der Waals surface area contributed by atoms with Gasteiger partial charge in [0.2, 0.25) is 5.89 Å². The zero-order valence-corrected chi connectivity index (χ0v) is 13.5. The van der Waals surface area contributed by atoms with E-state index in [1.54, 1.807) is 18.0 Å². The summed E-state index contributed by atoms with van der Waals surface area (Å²) in [6.45, 7) is 0. The molecular formula is C15H12BrN3OS. The molecule has 0 aliphatic rings. The number of aryl methyl sites for hydroxylation is 1. The molecule has 3 rings (SSSR count). The summed E-state index contributed by atoms with van der Waals surface area (Å²) in [5, 5.41) is 8.74. The summed E-state index contributed by atoms with van der Waals surface area (Å²) < 4.78 is 6.62. The first-order valence-electron chi connectivity index (χ1n) is 6.44. The van der Waals surface area contributed by atoms with Gasteiger partial charge in [0.15, 0.2) is 0 Å². The molecule has 6 heteroatoms. The Morgan fingerprint density at radius 3 is 2.71 bits per heavy atom. The van der Waals surface area contributed by atoms with E-state index in [2.05, 4.69) is 31.1 Å². The van der Waals surface area contributed by atoms with Crippen molar-refractivity contribution in [2.75, 3.05) is 5.75 Å². The molecule has 21 heavy (non-hydrogen) atoms. The molecule has 2 heterocycles.